The second-order valence-electron chi connectivity index (χ2n) is 6.89. The zero-order valence-electron chi connectivity index (χ0n) is 14.9. The van der Waals surface area contributed by atoms with Gasteiger partial charge in [-0.25, -0.2) is 0 Å². The lowest BCUT2D eigenvalue weighted by Gasteiger charge is -2.39. The number of hydrogen-bond acceptors (Lipinski definition) is 4. The number of halogens is 1. The molecule has 2 aliphatic heterocycles. The molecule has 0 spiro atoms. The highest BCUT2D eigenvalue weighted by atomic mass is 35.5. The summed E-state index contributed by atoms with van der Waals surface area (Å²) in [6.45, 7) is 6.23. The summed E-state index contributed by atoms with van der Waals surface area (Å²) in [6.07, 6.45) is 4.40. The van der Waals surface area contributed by atoms with Crippen LogP contribution in [0.1, 0.15) is 12.5 Å². The lowest BCUT2D eigenvalue weighted by Crippen LogP contribution is -2.54. The third-order valence-corrected chi connectivity index (χ3v) is 5.76. The molecule has 0 saturated carbocycles. The number of carbonyl (C=O) groups is 1. The summed E-state index contributed by atoms with van der Waals surface area (Å²) in [5.41, 5.74) is 3.37. The summed E-state index contributed by atoms with van der Waals surface area (Å²) in [7, 11) is 0. The fourth-order valence-corrected chi connectivity index (χ4v) is 4.16. The minimum absolute atomic E-state index is 0.115. The number of piperazine rings is 1. The molecule has 0 bridgehead atoms. The van der Waals surface area contributed by atoms with Gasteiger partial charge in [-0.3, -0.25) is 14.7 Å². The van der Waals surface area contributed by atoms with Crippen LogP contribution in [0.5, 0.6) is 0 Å². The highest BCUT2D eigenvalue weighted by Crippen LogP contribution is 2.29. The topological polar surface area (TPSA) is 39.7 Å². The lowest BCUT2D eigenvalue weighted by atomic mass is 10.1. The largest absolute Gasteiger partial charge is 0.368 e. The molecule has 136 valence electrons. The van der Waals surface area contributed by atoms with Crippen LogP contribution < -0.4 is 9.80 Å². The first kappa shape index (κ1) is 17.3. The Kier molecular flexibility index (Phi) is 4.83. The van der Waals surface area contributed by atoms with Gasteiger partial charge < -0.3 is 9.80 Å². The van der Waals surface area contributed by atoms with E-state index in [2.05, 4.69) is 26.9 Å². The molecule has 1 saturated heterocycles. The molecule has 4 rings (SSSR count). The van der Waals surface area contributed by atoms with Gasteiger partial charge in [0, 0.05) is 50.8 Å². The van der Waals surface area contributed by atoms with E-state index in [-0.39, 0.29) is 11.9 Å². The SMILES string of the molecule is CC(C(=O)N1CCc2ccccc21)N1CCN(c2ccncc2Cl)CC1. The van der Waals surface area contributed by atoms with Gasteiger partial charge >= 0.3 is 0 Å². The molecule has 3 heterocycles. The molecule has 1 fully saturated rings. The van der Waals surface area contributed by atoms with Crippen LogP contribution in [0, 0.1) is 0 Å². The molecular formula is C20H23ClN4O. The summed E-state index contributed by atoms with van der Waals surface area (Å²) in [6, 6.07) is 10.1. The van der Waals surface area contributed by atoms with E-state index in [1.54, 1.807) is 12.4 Å². The zero-order valence-corrected chi connectivity index (χ0v) is 15.7. The van der Waals surface area contributed by atoms with E-state index in [0.29, 0.717) is 5.02 Å². The Hall–Kier alpha value is -2.11. The number of hydrogen-bond donors (Lipinski definition) is 0. The van der Waals surface area contributed by atoms with Crippen LogP contribution in [0.4, 0.5) is 11.4 Å². The standard InChI is InChI=1S/C20H23ClN4O/c1-15(20(26)25-9-7-16-4-2-3-5-18(16)25)23-10-12-24(13-11-23)19-6-8-22-14-17(19)21/h2-6,8,14-15H,7,9-13H2,1H3. The van der Waals surface area contributed by atoms with Crippen LogP contribution in [0.2, 0.25) is 5.02 Å². The van der Waals surface area contributed by atoms with Crippen molar-refractivity contribution in [1.82, 2.24) is 9.88 Å². The number of anilines is 2. The fraction of sp³-hybridized carbons (Fsp3) is 0.400. The third kappa shape index (κ3) is 3.17. The van der Waals surface area contributed by atoms with Crippen molar-refractivity contribution < 1.29 is 4.79 Å². The quantitative estimate of drug-likeness (QED) is 0.833. The first-order valence-corrected chi connectivity index (χ1v) is 9.51. The number of aromatic nitrogens is 1. The zero-order chi connectivity index (χ0) is 18.1. The van der Waals surface area contributed by atoms with E-state index in [9.17, 15) is 4.79 Å². The van der Waals surface area contributed by atoms with Gasteiger partial charge in [-0.2, -0.15) is 0 Å². The average molecular weight is 371 g/mol. The van der Waals surface area contributed by atoms with Crippen molar-refractivity contribution in [2.45, 2.75) is 19.4 Å². The first-order valence-electron chi connectivity index (χ1n) is 9.13. The predicted molar refractivity (Wildman–Crippen MR) is 105 cm³/mol. The predicted octanol–water partition coefficient (Wildman–Crippen LogP) is 2.83. The number of nitrogens with zero attached hydrogens (tertiary/aromatic N) is 4. The van der Waals surface area contributed by atoms with Crippen LogP contribution in [0.15, 0.2) is 42.7 Å². The van der Waals surface area contributed by atoms with Gasteiger partial charge in [0.15, 0.2) is 0 Å². The van der Waals surface area contributed by atoms with Crippen molar-refractivity contribution in [3.05, 3.63) is 53.3 Å². The number of benzene rings is 1. The maximum absolute atomic E-state index is 13.1. The Bertz CT molecular complexity index is 804. The molecule has 2 aliphatic rings. The van der Waals surface area contributed by atoms with E-state index in [1.807, 2.05) is 30.0 Å². The normalized spacial score (nSPS) is 18.7. The summed E-state index contributed by atoms with van der Waals surface area (Å²) < 4.78 is 0. The molecule has 1 amide bonds. The Labute approximate surface area is 159 Å². The van der Waals surface area contributed by atoms with Crippen molar-refractivity contribution in [1.29, 1.82) is 0 Å². The lowest BCUT2D eigenvalue weighted by molar-refractivity contribution is -0.123. The van der Waals surface area contributed by atoms with Gasteiger partial charge in [-0.1, -0.05) is 29.8 Å². The number of pyridine rings is 1. The van der Waals surface area contributed by atoms with Gasteiger partial charge in [0.1, 0.15) is 0 Å². The Morgan fingerprint density at radius 3 is 2.62 bits per heavy atom. The Balaban J connectivity index is 1.40. The molecule has 0 aliphatic carbocycles. The molecule has 1 aromatic heterocycles. The number of carbonyl (C=O) groups excluding carboxylic acids is 1. The van der Waals surface area contributed by atoms with Gasteiger partial charge in [-0.05, 0) is 31.0 Å². The van der Waals surface area contributed by atoms with Crippen LogP contribution in [0.3, 0.4) is 0 Å². The molecule has 1 aromatic carbocycles. The summed E-state index contributed by atoms with van der Waals surface area (Å²) in [5, 5.41) is 0.679. The highest BCUT2D eigenvalue weighted by molar-refractivity contribution is 6.33. The molecule has 6 heteroatoms. The van der Waals surface area contributed by atoms with Crippen LogP contribution in [0.25, 0.3) is 0 Å². The van der Waals surface area contributed by atoms with Crippen LogP contribution in [-0.4, -0.2) is 54.6 Å². The van der Waals surface area contributed by atoms with E-state index in [0.717, 1.165) is 50.5 Å². The van der Waals surface area contributed by atoms with Gasteiger partial charge in [0.05, 0.1) is 16.8 Å². The summed E-state index contributed by atoms with van der Waals surface area (Å²) in [5.74, 6) is 0.199. The van der Waals surface area contributed by atoms with Gasteiger partial charge in [0.25, 0.3) is 0 Å². The number of fused-ring (bicyclic) bond motifs is 1. The molecule has 26 heavy (non-hydrogen) atoms. The molecule has 2 aromatic rings. The van der Waals surface area contributed by atoms with Crippen LogP contribution in [-0.2, 0) is 11.2 Å². The summed E-state index contributed by atoms with van der Waals surface area (Å²) >= 11 is 6.26. The van der Waals surface area contributed by atoms with Crippen LogP contribution >= 0.6 is 11.6 Å². The maximum atomic E-state index is 13.1. The Morgan fingerprint density at radius 1 is 1.08 bits per heavy atom. The molecule has 0 radical (unpaired) electrons. The first-order chi connectivity index (χ1) is 12.6. The van der Waals surface area contributed by atoms with E-state index in [1.165, 1.54) is 5.56 Å². The maximum Gasteiger partial charge on any atom is 0.244 e. The third-order valence-electron chi connectivity index (χ3n) is 5.46. The minimum Gasteiger partial charge on any atom is -0.368 e. The van der Waals surface area contributed by atoms with Crippen molar-refractivity contribution >= 4 is 28.9 Å². The number of para-hydroxylation sites is 1. The Morgan fingerprint density at radius 2 is 1.85 bits per heavy atom. The monoisotopic (exact) mass is 370 g/mol. The van der Waals surface area contributed by atoms with Crippen molar-refractivity contribution in [2.24, 2.45) is 0 Å². The highest BCUT2D eigenvalue weighted by Gasteiger charge is 2.32. The molecular weight excluding hydrogens is 348 g/mol. The van der Waals surface area contributed by atoms with Crippen molar-refractivity contribution in [3.8, 4) is 0 Å². The van der Waals surface area contributed by atoms with Gasteiger partial charge in [0.2, 0.25) is 5.91 Å². The average Bonchev–Trinajstić information content (AvgIpc) is 3.11. The van der Waals surface area contributed by atoms with Crippen molar-refractivity contribution in [2.75, 3.05) is 42.5 Å². The fourth-order valence-electron chi connectivity index (χ4n) is 3.92. The van der Waals surface area contributed by atoms with Crippen molar-refractivity contribution in [3.63, 3.8) is 0 Å². The van der Waals surface area contributed by atoms with E-state index in [4.69, 9.17) is 11.6 Å². The second kappa shape index (κ2) is 7.25. The smallest absolute Gasteiger partial charge is 0.244 e. The molecule has 1 unspecified atom stereocenters. The minimum atomic E-state index is -0.115. The molecule has 0 N–H and O–H groups in total. The second-order valence-corrected chi connectivity index (χ2v) is 7.30. The number of amides is 1. The summed E-state index contributed by atoms with van der Waals surface area (Å²) in [4.78, 5) is 23.6. The molecule has 1 atom stereocenters. The molecule has 5 nitrogen and oxygen atoms in total. The number of rotatable bonds is 3. The van der Waals surface area contributed by atoms with E-state index < -0.39 is 0 Å². The van der Waals surface area contributed by atoms with Gasteiger partial charge in [-0.15, -0.1) is 0 Å². The van der Waals surface area contributed by atoms with E-state index >= 15 is 0 Å².